The maximum atomic E-state index is 12.7. The molecular formula is C7H16ClFN2. The maximum absolute atomic E-state index is 12.7. The van der Waals surface area contributed by atoms with Crippen LogP contribution in [0.25, 0.3) is 0 Å². The highest BCUT2D eigenvalue weighted by Gasteiger charge is 2.22. The number of rotatable bonds is 1. The lowest BCUT2D eigenvalue weighted by molar-refractivity contribution is 0.129. The van der Waals surface area contributed by atoms with Crippen molar-refractivity contribution in [2.75, 3.05) is 19.6 Å². The van der Waals surface area contributed by atoms with Crippen molar-refractivity contribution < 1.29 is 4.39 Å². The molecule has 0 aromatic carbocycles. The van der Waals surface area contributed by atoms with Crippen LogP contribution in [0, 0.1) is 0 Å². The molecule has 1 saturated heterocycles. The fourth-order valence-electron chi connectivity index (χ4n) is 1.42. The minimum atomic E-state index is -0.705. The summed E-state index contributed by atoms with van der Waals surface area (Å²) in [5, 5.41) is 0. The number of nitrogens with two attached hydrogens (primary N) is 1. The van der Waals surface area contributed by atoms with Crippen LogP contribution in [0.5, 0.6) is 0 Å². The van der Waals surface area contributed by atoms with E-state index in [1.54, 1.807) is 0 Å². The number of likely N-dealkylation sites (N-methyl/N-ethyl adjacent to an activating group) is 1. The van der Waals surface area contributed by atoms with E-state index in [1.165, 1.54) is 0 Å². The van der Waals surface area contributed by atoms with Crippen molar-refractivity contribution in [3.05, 3.63) is 0 Å². The standard InChI is InChI=1S/C7H15FN2.ClH/c1-2-10-4-6(8)3-7(9)5-10;/h6-7H,2-5,9H2,1H3;1H/t6-,7+;/m0./s1. The van der Waals surface area contributed by atoms with Gasteiger partial charge in [-0.1, -0.05) is 6.92 Å². The summed E-state index contributed by atoms with van der Waals surface area (Å²) >= 11 is 0. The molecule has 0 spiro atoms. The van der Waals surface area contributed by atoms with Crippen molar-refractivity contribution in [1.29, 1.82) is 0 Å². The molecule has 1 aliphatic heterocycles. The van der Waals surface area contributed by atoms with Gasteiger partial charge in [0.15, 0.2) is 0 Å². The second-order valence-electron chi connectivity index (χ2n) is 2.95. The third kappa shape index (κ3) is 3.36. The molecule has 1 rings (SSSR count). The van der Waals surface area contributed by atoms with E-state index in [4.69, 9.17) is 5.73 Å². The first-order valence-electron chi connectivity index (χ1n) is 3.84. The van der Waals surface area contributed by atoms with Crippen molar-refractivity contribution in [3.8, 4) is 0 Å². The number of halogens is 2. The molecule has 0 radical (unpaired) electrons. The highest BCUT2D eigenvalue weighted by molar-refractivity contribution is 5.85. The summed E-state index contributed by atoms with van der Waals surface area (Å²) in [5.41, 5.74) is 5.61. The van der Waals surface area contributed by atoms with E-state index >= 15 is 0 Å². The van der Waals surface area contributed by atoms with Crippen molar-refractivity contribution in [2.24, 2.45) is 5.73 Å². The number of likely N-dealkylation sites (tertiary alicyclic amines) is 1. The predicted molar refractivity (Wildman–Crippen MR) is 46.9 cm³/mol. The number of alkyl halides is 1. The Labute approximate surface area is 73.3 Å². The molecule has 2 nitrogen and oxygen atoms in total. The maximum Gasteiger partial charge on any atom is 0.114 e. The average Bonchev–Trinajstić information content (AvgIpc) is 1.85. The van der Waals surface area contributed by atoms with Crippen LogP contribution >= 0.6 is 12.4 Å². The van der Waals surface area contributed by atoms with Crippen molar-refractivity contribution in [2.45, 2.75) is 25.6 Å². The van der Waals surface area contributed by atoms with E-state index < -0.39 is 6.17 Å². The summed E-state index contributed by atoms with van der Waals surface area (Å²) < 4.78 is 12.7. The largest absolute Gasteiger partial charge is 0.326 e. The lowest BCUT2D eigenvalue weighted by Crippen LogP contribution is -2.47. The Balaban J connectivity index is 0.000001000. The lowest BCUT2D eigenvalue weighted by atomic mass is 10.1. The van der Waals surface area contributed by atoms with Crippen LogP contribution in [-0.2, 0) is 0 Å². The Morgan fingerprint density at radius 1 is 1.55 bits per heavy atom. The van der Waals surface area contributed by atoms with Gasteiger partial charge in [-0.25, -0.2) is 4.39 Å². The molecule has 1 heterocycles. The molecular weight excluding hydrogens is 167 g/mol. The first-order chi connectivity index (χ1) is 4.72. The SMILES string of the molecule is CCN1C[C@H](N)C[C@H](F)C1.Cl. The molecule has 2 atom stereocenters. The molecule has 0 bridgehead atoms. The molecule has 2 N–H and O–H groups in total. The minimum Gasteiger partial charge on any atom is -0.326 e. The summed E-state index contributed by atoms with van der Waals surface area (Å²) in [6.45, 7) is 4.38. The molecule has 0 amide bonds. The van der Waals surface area contributed by atoms with Gasteiger partial charge in [0.1, 0.15) is 6.17 Å². The van der Waals surface area contributed by atoms with Crippen molar-refractivity contribution in [3.63, 3.8) is 0 Å². The van der Waals surface area contributed by atoms with Gasteiger partial charge in [0, 0.05) is 19.1 Å². The second-order valence-corrected chi connectivity index (χ2v) is 2.95. The number of hydrogen-bond acceptors (Lipinski definition) is 2. The van der Waals surface area contributed by atoms with E-state index in [2.05, 4.69) is 4.90 Å². The smallest absolute Gasteiger partial charge is 0.114 e. The summed E-state index contributed by atoms with van der Waals surface area (Å²) in [5.74, 6) is 0. The Hall–Kier alpha value is 0.140. The Morgan fingerprint density at radius 3 is 2.64 bits per heavy atom. The highest BCUT2D eigenvalue weighted by atomic mass is 35.5. The normalized spacial score (nSPS) is 33.0. The molecule has 0 unspecified atom stereocenters. The Kier molecular flexibility index (Phi) is 4.97. The van der Waals surface area contributed by atoms with Gasteiger partial charge in [-0.15, -0.1) is 12.4 Å². The van der Waals surface area contributed by atoms with Crippen molar-refractivity contribution >= 4 is 12.4 Å². The molecule has 4 heteroatoms. The Morgan fingerprint density at radius 2 is 2.18 bits per heavy atom. The molecule has 68 valence electrons. The summed E-state index contributed by atoms with van der Waals surface area (Å²) in [7, 11) is 0. The average molecular weight is 183 g/mol. The van der Waals surface area contributed by atoms with Crippen LogP contribution in [0.4, 0.5) is 4.39 Å². The van der Waals surface area contributed by atoms with Crippen LogP contribution < -0.4 is 5.73 Å². The van der Waals surface area contributed by atoms with Gasteiger partial charge in [-0.05, 0) is 13.0 Å². The molecule has 11 heavy (non-hydrogen) atoms. The van der Waals surface area contributed by atoms with E-state index in [0.29, 0.717) is 13.0 Å². The van der Waals surface area contributed by atoms with Gasteiger partial charge in [-0.2, -0.15) is 0 Å². The predicted octanol–water partition coefficient (Wildman–Crippen LogP) is 0.799. The quantitative estimate of drug-likeness (QED) is 0.650. The molecule has 0 saturated carbocycles. The molecule has 1 aliphatic rings. The molecule has 0 aromatic heterocycles. The van der Waals surface area contributed by atoms with Gasteiger partial charge in [-0.3, -0.25) is 4.90 Å². The zero-order valence-electron chi connectivity index (χ0n) is 6.79. The van der Waals surface area contributed by atoms with Gasteiger partial charge in [0.25, 0.3) is 0 Å². The van der Waals surface area contributed by atoms with Gasteiger partial charge in [0.05, 0.1) is 0 Å². The van der Waals surface area contributed by atoms with E-state index in [-0.39, 0.29) is 18.4 Å². The van der Waals surface area contributed by atoms with Gasteiger partial charge >= 0.3 is 0 Å². The van der Waals surface area contributed by atoms with Crippen LogP contribution in [0.15, 0.2) is 0 Å². The number of hydrogen-bond donors (Lipinski definition) is 1. The third-order valence-corrected chi connectivity index (χ3v) is 1.95. The monoisotopic (exact) mass is 182 g/mol. The van der Waals surface area contributed by atoms with Crippen LogP contribution in [0.1, 0.15) is 13.3 Å². The minimum absolute atomic E-state index is 0. The number of nitrogens with zero attached hydrogens (tertiary/aromatic N) is 1. The highest BCUT2D eigenvalue weighted by Crippen LogP contribution is 2.11. The number of piperidine rings is 1. The summed E-state index contributed by atoms with van der Waals surface area (Å²) in [4.78, 5) is 2.05. The second kappa shape index (κ2) is 4.91. The lowest BCUT2D eigenvalue weighted by Gasteiger charge is -2.31. The van der Waals surface area contributed by atoms with Gasteiger partial charge in [0.2, 0.25) is 0 Å². The van der Waals surface area contributed by atoms with Crippen LogP contribution in [0.3, 0.4) is 0 Å². The summed E-state index contributed by atoms with van der Waals surface area (Å²) in [6, 6.07) is 0.0451. The zero-order valence-corrected chi connectivity index (χ0v) is 7.61. The van der Waals surface area contributed by atoms with Crippen LogP contribution in [0.2, 0.25) is 0 Å². The van der Waals surface area contributed by atoms with E-state index in [0.717, 1.165) is 13.1 Å². The van der Waals surface area contributed by atoms with Crippen molar-refractivity contribution in [1.82, 2.24) is 4.90 Å². The zero-order chi connectivity index (χ0) is 7.56. The molecule has 0 aromatic rings. The molecule has 1 fully saturated rings. The first kappa shape index (κ1) is 11.1. The Bertz CT molecular complexity index is 103. The fraction of sp³-hybridized carbons (Fsp3) is 1.00. The fourth-order valence-corrected chi connectivity index (χ4v) is 1.42. The third-order valence-electron chi connectivity index (χ3n) is 1.95. The molecule has 0 aliphatic carbocycles. The van der Waals surface area contributed by atoms with E-state index in [1.807, 2.05) is 6.92 Å². The van der Waals surface area contributed by atoms with E-state index in [9.17, 15) is 4.39 Å². The topological polar surface area (TPSA) is 29.3 Å². The first-order valence-corrected chi connectivity index (χ1v) is 3.84. The summed E-state index contributed by atoms with van der Waals surface area (Å²) in [6.07, 6.45) is -0.167. The van der Waals surface area contributed by atoms with Gasteiger partial charge < -0.3 is 5.73 Å². The van der Waals surface area contributed by atoms with Crippen LogP contribution in [-0.4, -0.2) is 36.7 Å².